The molecule has 2 rings (SSSR count). The van der Waals surface area contributed by atoms with Crippen molar-refractivity contribution in [3.8, 4) is 11.5 Å². The lowest BCUT2D eigenvalue weighted by Gasteiger charge is -2.08. The summed E-state index contributed by atoms with van der Waals surface area (Å²) in [5.74, 6) is 0.660. The van der Waals surface area contributed by atoms with Crippen molar-refractivity contribution < 1.29 is 19.2 Å². The Morgan fingerprint density at radius 3 is 2.80 bits per heavy atom. The number of hydrazone groups is 1. The van der Waals surface area contributed by atoms with Gasteiger partial charge in [-0.05, 0) is 31.2 Å². The van der Waals surface area contributed by atoms with Crippen LogP contribution >= 0.6 is 0 Å². The fourth-order valence-corrected chi connectivity index (χ4v) is 2.03. The molecule has 0 saturated carbocycles. The van der Waals surface area contributed by atoms with Gasteiger partial charge in [0.05, 0.1) is 24.9 Å². The largest absolute Gasteiger partial charge is 0.497 e. The molecule has 130 valence electrons. The average Bonchev–Trinajstić information content (AvgIpc) is 2.63. The van der Waals surface area contributed by atoms with E-state index < -0.39 is 10.8 Å². The molecule has 0 spiro atoms. The summed E-state index contributed by atoms with van der Waals surface area (Å²) in [6.07, 6.45) is 1.42. The van der Waals surface area contributed by atoms with Crippen LogP contribution in [0, 0.1) is 10.1 Å². The minimum absolute atomic E-state index is 0.141. The first-order valence-electron chi connectivity index (χ1n) is 7.44. The summed E-state index contributed by atoms with van der Waals surface area (Å²) in [6.45, 7) is 2.34. The van der Waals surface area contributed by atoms with E-state index >= 15 is 0 Å². The molecule has 0 fully saturated rings. The van der Waals surface area contributed by atoms with Gasteiger partial charge in [0.2, 0.25) is 0 Å². The van der Waals surface area contributed by atoms with E-state index in [9.17, 15) is 14.9 Å². The number of benzene rings is 2. The molecule has 0 heterocycles. The molecule has 1 amide bonds. The molecule has 0 atom stereocenters. The van der Waals surface area contributed by atoms with Gasteiger partial charge in [-0.2, -0.15) is 5.10 Å². The number of nitro groups is 1. The quantitative estimate of drug-likeness (QED) is 0.473. The van der Waals surface area contributed by atoms with Crippen molar-refractivity contribution in [2.75, 3.05) is 13.7 Å². The van der Waals surface area contributed by atoms with Gasteiger partial charge in [0.1, 0.15) is 11.5 Å². The second kappa shape index (κ2) is 8.44. The number of methoxy groups -OCH3 is 1. The SMILES string of the molecule is CCOc1ccc(OC)cc1C=NNC(=O)c1cccc([N+](=O)[O-])c1. The van der Waals surface area contributed by atoms with Crippen LogP contribution in [0.5, 0.6) is 11.5 Å². The van der Waals surface area contributed by atoms with E-state index in [0.717, 1.165) is 0 Å². The van der Waals surface area contributed by atoms with Crippen LogP contribution in [0.2, 0.25) is 0 Å². The lowest BCUT2D eigenvalue weighted by molar-refractivity contribution is -0.384. The third-order valence-corrected chi connectivity index (χ3v) is 3.21. The van der Waals surface area contributed by atoms with Gasteiger partial charge in [0, 0.05) is 23.3 Å². The molecule has 2 aromatic rings. The van der Waals surface area contributed by atoms with Crippen LogP contribution in [0.1, 0.15) is 22.8 Å². The van der Waals surface area contributed by atoms with Gasteiger partial charge in [-0.1, -0.05) is 6.07 Å². The van der Waals surface area contributed by atoms with Crippen molar-refractivity contribution in [2.45, 2.75) is 6.92 Å². The predicted molar refractivity (Wildman–Crippen MR) is 92.3 cm³/mol. The number of amides is 1. The average molecular weight is 343 g/mol. The Kier molecular flexibility index (Phi) is 6.05. The van der Waals surface area contributed by atoms with Crippen LogP contribution in [0.3, 0.4) is 0 Å². The zero-order valence-electron chi connectivity index (χ0n) is 13.8. The summed E-state index contributed by atoms with van der Waals surface area (Å²) in [7, 11) is 1.54. The highest BCUT2D eigenvalue weighted by molar-refractivity contribution is 5.95. The van der Waals surface area contributed by atoms with Crippen LogP contribution in [0.25, 0.3) is 0 Å². The third-order valence-electron chi connectivity index (χ3n) is 3.21. The second-order valence-corrected chi connectivity index (χ2v) is 4.84. The maximum atomic E-state index is 12.0. The maximum Gasteiger partial charge on any atom is 0.271 e. The third kappa shape index (κ3) is 4.77. The Balaban J connectivity index is 2.13. The van der Waals surface area contributed by atoms with Crippen LogP contribution < -0.4 is 14.9 Å². The van der Waals surface area contributed by atoms with E-state index in [-0.39, 0.29) is 11.3 Å². The Labute approximate surface area is 144 Å². The van der Waals surface area contributed by atoms with Crippen molar-refractivity contribution in [3.05, 3.63) is 63.7 Å². The molecule has 0 aliphatic rings. The maximum absolute atomic E-state index is 12.0. The molecule has 0 aliphatic heterocycles. The fraction of sp³-hybridized carbons (Fsp3) is 0.176. The first kappa shape index (κ1) is 17.9. The van der Waals surface area contributed by atoms with Gasteiger partial charge in [-0.25, -0.2) is 5.43 Å². The minimum atomic E-state index is -0.565. The summed E-state index contributed by atoms with van der Waals surface area (Å²) in [5, 5.41) is 14.6. The summed E-state index contributed by atoms with van der Waals surface area (Å²) >= 11 is 0. The number of hydrogen-bond acceptors (Lipinski definition) is 6. The zero-order chi connectivity index (χ0) is 18.2. The topological polar surface area (TPSA) is 103 Å². The van der Waals surface area contributed by atoms with Gasteiger partial charge in [-0.15, -0.1) is 0 Å². The molecule has 0 saturated heterocycles. The molecular weight excluding hydrogens is 326 g/mol. The van der Waals surface area contributed by atoms with E-state index in [1.54, 1.807) is 25.3 Å². The van der Waals surface area contributed by atoms with E-state index in [2.05, 4.69) is 10.5 Å². The number of nitro benzene ring substituents is 1. The number of carbonyl (C=O) groups excluding carboxylic acids is 1. The molecule has 0 bridgehead atoms. The lowest BCUT2D eigenvalue weighted by atomic mass is 10.2. The Bertz CT molecular complexity index is 805. The Morgan fingerprint density at radius 1 is 1.32 bits per heavy atom. The summed E-state index contributed by atoms with van der Waals surface area (Å²) in [4.78, 5) is 22.2. The molecule has 1 N–H and O–H groups in total. The van der Waals surface area contributed by atoms with E-state index in [0.29, 0.717) is 23.7 Å². The smallest absolute Gasteiger partial charge is 0.271 e. The van der Waals surface area contributed by atoms with E-state index in [1.165, 1.54) is 30.5 Å². The van der Waals surface area contributed by atoms with Gasteiger partial charge >= 0.3 is 0 Å². The van der Waals surface area contributed by atoms with Crippen LogP contribution in [0.4, 0.5) is 5.69 Å². The summed E-state index contributed by atoms with van der Waals surface area (Å²) < 4.78 is 10.6. The van der Waals surface area contributed by atoms with E-state index in [4.69, 9.17) is 9.47 Å². The van der Waals surface area contributed by atoms with Crippen molar-refractivity contribution in [1.82, 2.24) is 5.43 Å². The van der Waals surface area contributed by atoms with Crippen LogP contribution in [-0.2, 0) is 0 Å². The molecule has 8 heteroatoms. The van der Waals surface area contributed by atoms with Crippen molar-refractivity contribution in [3.63, 3.8) is 0 Å². The monoisotopic (exact) mass is 343 g/mol. The number of ether oxygens (including phenoxy) is 2. The van der Waals surface area contributed by atoms with Crippen molar-refractivity contribution in [2.24, 2.45) is 5.10 Å². The highest BCUT2D eigenvalue weighted by atomic mass is 16.6. The highest BCUT2D eigenvalue weighted by Gasteiger charge is 2.11. The van der Waals surface area contributed by atoms with Crippen LogP contribution in [-0.4, -0.2) is 30.8 Å². The van der Waals surface area contributed by atoms with Gasteiger partial charge in [-0.3, -0.25) is 14.9 Å². The highest BCUT2D eigenvalue weighted by Crippen LogP contribution is 2.22. The Hall–Kier alpha value is -3.42. The molecular formula is C17H17N3O5. The first-order valence-corrected chi connectivity index (χ1v) is 7.44. The fourth-order valence-electron chi connectivity index (χ4n) is 2.03. The number of rotatable bonds is 7. The minimum Gasteiger partial charge on any atom is -0.497 e. The normalized spacial score (nSPS) is 10.5. The van der Waals surface area contributed by atoms with Crippen molar-refractivity contribution in [1.29, 1.82) is 0 Å². The predicted octanol–water partition coefficient (Wildman–Crippen LogP) is 2.77. The molecule has 0 aromatic heterocycles. The molecule has 0 aliphatic carbocycles. The van der Waals surface area contributed by atoms with E-state index in [1.807, 2.05) is 6.92 Å². The van der Waals surface area contributed by atoms with Crippen LogP contribution in [0.15, 0.2) is 47.6 Å². The summed E-state index contributed by atoms with van der Waals surface area (Å²) in [6, 6.07) is 10.6. The molecule has 0 unspecified atom stereocenters. The first-order chi connectivity index (χ1) is 12.0. The number of nitrogens with zero attached hydrogens (tertiary/aromatic N) is 2. The lowest BCUT2D eigenvalue weighted by Crippen LogP contribution is -2.17. The number of carbonyl (C=O) groups is 1. The molecule has 8 nitrogen and oxygen atoms in total. The molecule has 0 radical (unpaired) electrons. The number of nitrogens with one attached hydrogen (secondary N) is 1. The van der Waals surface area contributed by atoms with Crippen molar-refractivity contribution >= 4 is 17.8 Å². The van der Waals surface area contributed by atoms with Gasteiger partial charge < -0.3 is 9.47 Å². The zero-order valence-corrected chi connectivity index (χ0v) is 13.8. The standard InChI is InChI=1S/C17H17N3O5/c1-3-25-16-8-7-15(24-2)10-13(16)11-18-19-17(21)12-5-4-6-14(9-12)20(22)23/h4-11H,3H2,1-2H3,(H,19,21). The number of non-ortho nitro benzene ring substituents is 1. The molecule has 25 heavy (non-hydrogen) atoms. The Morgan fingerprint density at radius 2 is 2.12 bits per heavy atom. The summed E-state index contributed by atoms with van der Waals surface area (Å²) in [5.41, 5.74) is 2.93. The second-order valence-electron chi connectivity index (χ2n) is 4.84. The number of hydrogen-bond donors (Lipinski definition) is 1. The molecule has 2 aromatic carbocycles. The van der Waals surface area contributed by atoms with Gasteiger partial charge in [0.25, 0.3) is 11.6 Å². The van der Waals surface area contributed by atoms with Gasteiger partial charge in [0.15, 0.2) is 0 Å².